The molecule has 8 heteroatoms. The van der Waals surface area contributed by atoms with Crippen molar-refractivity contribution >= 4 is 35.2 Å². The molecule has 186 valence electrons. The number of nitrogens with one attached hydrogen (secondary N) is 2. The molecule has 0 aromatic heterocycles. The van der Waals surface area contributed by atoms with Crippen LogP contribution in [-0.2, 0) is 4.79 Å². The molecule has 7 nitrogen and oxygen atoms in total. The van der Waals surface area contributed by atoms with Gasteiger partial charge in [-0.2, -0.15) is 0 Å². The van der Waals surface area contributed by atoms with Crippen molar-refractivity contribution in [1.29, 1.82) is 0 Å². The number of aliphatic imine (C=N–C) groups is 1. The topological polar surface area (TPSA) is 99.8 Å². The Morgan fingerprint density at radius 2 is 1.88 bits per heavy atom. The number of para-hydroxylation sites is 1. The van der Waals surface area contributed by atoms with Gasteiger partial charge in [0.1, 0.15) is 5.54 Å². The highest BCUT2D eigenvalue weighted by atomic mass is 35.5. The molecule has 3 aliphatic rings. The van der Waals surface area contributed by atoms with E-state index in [2.05, 4.69) is 10.6 Å². The summed E-state index contributed by atoms with van der Waals surface area (Å²) in [7, 11) is 1.73. The predicted molar refractivity (Wildman–Crippen MR) is 137 cm³/mol. The number of halogens is 1. The summed E-state index contributed by atoms with van der Waals surface area (Å²) in [5.41, 5.74) is 5.97. The summed E-state index contributed by atoms with van der Waals surface area (Å²) >= 11 is 6.17. The normalized spacial score (nSPS) is 28.0. The second-order valence-electron chi connectivity index (χ2n) is 10.4. The van der Waals surface area contributed by atoms with Gasteiger partial charge in [0, 0.05) is 13.1 Å². The van der Waals surface area contributed by atoms with Crippen LogP contribution in [0.15, 0.2) is 29.3 Å². The number of likely N-dealkylation sites (N-methyl/N-ethyl adjacent to an activating group) is 1. The zero-order valence-electron chi connectivity index (χ0n) is 20.2. The molecular weight excluding hydrogens is 450 g/mol. The Morgan fingerprint density at radius 3 is 2.59 bits per heavy atom. The van der Waals surface area contributed by atoms with E-state index in [4.69, 9.17) is 22.3 Å². The maximum absolute atomic E-state index is 13.3. The molecule has 1 aromatic carbocycles. The molecular formula is C26H38ClN5O2. The lowest BCUT2D eigenvalue weighted by Crippen LogP contribution is -2.45. The number of carbonyl (C=O) groups is 2. The molecule has 0 spiro atoms. The Kier molecular flexibility index (Phi) is 8.02. The predicted octanol–water partition coefficient (Wildman–Crippen LogP) is 5.30. The SMILES string of the molecule is CN1C(=O)[C@@](CCC2CCCCC2)(C[C@H]2CCC[C@@H](NC(=O)Nc3ccccc3Cl)C2)N=C1N. The summed E-state index contributed by atoms with van der Waals surface area (Å²) in [5, 5.41) is 6.47. The average Bonchev–Trinajstić information content (AvgIpc) is 3.04. The van der Waals surface area contributed by atoms with Crippen molar-refractivity contribution in [3.05, 3.63) is 29.3 Å². The summed E-state index contributed by atoms with van der Waals surface area (Å²) in [6, 6.07) is 7.02. The van der Waals surface area contributed by atoms with Crippen LogP contribution in [0.1, 0.15) is 77.0 Å². The number of amides is 3. The molecule has 4 N–H and O–H groups in total. The smallest absolute Gasteiger partial charge is 0.319 e. The Hall–Kier alpha value is -2.28. The van der Waals surface area contributed by atoms with Gasteiger partial charge in [-0.3, -0.25) is 9.69 Å². The zero-order chi connectivity index (χ0) is 24.1. The van der Waals surface area contributed by atoms with Crippen molar-refractivity contribution in [1.82, 2.24) is 10.2 Å². The van der Waals surface area contributed by atoms with Crippen molar-refractivity contribution in [3.63, 3.8) is 0 Å². The fourth-order valence-corrected chi connectivity index (χ4v) is 6.25. The molecule has 3 atom stereocenters. The van der Waals surface area contributed by atoms with Gasteiger partial charge in [0.15, 0.2) is 5.96 Å². The third kappa shape index (κ3) is 5.85. The van der Waals surface area contributed by atoms with Gasteiger partial charge in [-0.1, -0.05) is 68.7 Å². The van der Waals surface area contributed by atoms with Gasteiger partial charge in [-0.15, -0.1) is 0 Å². The molecule has 0 bridgehead atoms. The number of guanidine groups is 1. The lowest BCUT2D eigenvalue weighted by atomic mass is 9.74. The van der Waals surface area contributed by atoms with Crippen LogP contribution in [-0.4, -0.2) is 41.4 Å². The molecule has 34 heavy (non-hydrogen) atoms. The van der Waals surface area contributed by atoms with Crippen LogP contribution in [0.2, 0.25) is 5.02 Å². The standard InChI is InChI=1S/C26H38ClN5O2/c1-32-23(33)26(31-24(32)28,15-14-18-8-3-2-4-9-18)17-19-10-7-11-20(16-19)29-25(34)30-22-13-6-5-12-21(22)27/h5-6,12-13,18-20H,2-4,7-11,14-17H2,1H3,(H2,28,31)(H2,29,30,34)/t19-,20+,26+/m0/s1. The first-order valence-electron chi connectivity index (χ1n) is 12.8. The second kappa shape index (κ2) is 11.0. The second-order valence-corrected chi connectivity index (χ2v) is 10.8. The van der Waals surface area contributed by atoms with Crippen LogP contribution in [0.4, 0.5) is 10.5 Å². The first-order valence-corrected chi connectivity index (χ1v) is 13.2. The number of rotatable bonds is 7. The van der Waals surface area contributed by atoms with Crippen molar-refractivity contribution in [3.8, 4) is 0 Å². The van der Waals surface area contributed by atoms with E-state index < -0.39 is 5.54 Å². The van der Waals surface area contributed by atoms with Gasteiger partial charge in [0.05, 0.1) is 10.7 Å². The first-order chi connectivity index (χ1) is 16.4. The van der Waals surface area contributed by atoms with E-state index in [1.807, 2.05) is 12.1 Å². The maximum atomic E-state index is 13.3. The number of urea groups is 1. The molecule has 0 unspecified atom stereocenters. The van der Waals surface area contributed by atoms with Gasteiger partial charge in [-0.25, -0.2) is 9.79 Å². The fraction of sp³-hybridized carbons (Fsp3) is 0.654. The zero-order valence-corrected chi connectivity index (χ0v) is 20.9. The van der Waals surface area contributed by atoms with Crippen LogP contribution in [0.3, 0.4) is 0 Å². The lowest BCUT2D eigenvalue weighted by Gasteiger charge is -2.35. The van der Waals surface area contributed by atoms with Crippen LogP contribution in [0.5, 0.6) is 0 Å². The van der Waals surface area contributed by atoms with E-state index in [-0.39, 0.29) is 18.0 Å². The maximum Gasteiger partial charge on any atom is 0.319 e. The highest BCUT2D eigenvalue weighted by Gasteiger charge is 2.48. The van der Waals surface area contributed by atoms with Crippen LogP contribution in [0, 0.1) is 11.8 Å². The largest absolute Gasteiger partial charge is 0.369 e. The number of nitrogens with zero attached hydrogens (tertiary/aromatic N) is 2. The molecule has 0 radical (unpaired) electrons. The van der Waals surface area contributed by atoms with Crippen LogP contribution < -0.4 is 16.4 Å². The highest BCUT2D eigenvalue weighted by Crippen LogP contribution is 2.40. The molecule has 4 rings (SSSR count). The number of nitrogens with two attached hydrogens (primary N) is 1. The number of carbonyl (C=O) groups excluding carboxylic acids is 2. The summed E-state index contributed by atoms with van der Waals surface area (Å²) < 4.78 is 0. The minimum absolute atomic E-state index is 0.0346. The minimum atomic E-state index is -0.747. The van der Waals surface area contributed by atoms with Crippen molar-refractivity contribution < 1.29 is 9.59 Å². The Balaban J connectivity index is 1.37. The molecule has 0 saturated heterocycles. The molecule has 2 aliphatic carbocycles. The summed E-state index contributed by atoms with van der Waals surface area (Å²) in [6.07, 6.45) is 12.8. The number of benzene rings is 1. The summed E-state index contributed by atoms with van der Waals surface area (Å²) in [5.74, 6) is 1.37. The molecule has 2 fully saturated rings. The number of hydrogen-bond acceptors (Lipinski definition) is 4. The van der Waals surface area contributed by atoms with Crippen molar-refractivity contribution in [2.75, 3.05) is 12.4 Å². The van der Waals surface area contributed by atoms with Crippen LogP contribution in [0.25, 0.3) is 0 Å². The van der Waals surface area contributed by atoms with Crippen molar-refractivity contribution in [2.45, 2.75) is 88.6 Å². The lowest BCUT2D eigenvalue weighted by molar-refractivity contribution is -0.131. The van der Waals surface area contributed by atoms with Gasteiger partial charge in [0.25, 0.3) is 5.91 Å². The highest BCUT2D eigenvalue weighted by molar-refractivity contribution is 6.33. The van der Waals surface area contributed by atoms with E-state index >= 15 is 0 Å². The quantitative estimate of drug-likeness (QED) is 0.486. The number of hydrogen-bond donors (Lipinski definition) is 3. The van der Waals surface area contributed by atoms with Crippen LogP contribution >= 0.6 is 11.6 Å². The number of anilines is 1. The van der Waals surface area contributed by atoms with Gasteiger partial charge in [-0.05, 0) is 56.1 Å². The van der Waals surface area contributed by atoms with Gasteiger partial charge in [0.2, 0.25) is 0 Å². The van der Waals surface area contributed by atoms with E-state index in [0.717, 1.165) is 38.5 Å². The van der Waals surface area contributed by atoms with E-state index in [9.17, 15) is 9.59 Å². The molecule has 1 heterocycles. The van der Waals surface area contributed by atoms with Gasteiger partial charge < -0.3 is 16.4 Å². The van der Waals surface area contributed by atoms with E-state index in [0.29, 0.717) is 34.9 Å². The fourth-order valence-electron chi connectivity index (χ4n) is 6.07. The Labute approximate surface area is 207 Å². The molecule has 3 amide bonds. The average molecular weight is 488 g/mol. The van der Waals surface area contributed by atoms with E-state index in [1.165, 1.54) is 37.0 Å². The van der Waals surface area contributed by atoms with Crippen molar-refractivity contribution in [2.24, 2.45) is 22.6 Å². The Bertz CT molecular complexity index is 916. The van der Waals surface area contributed by atoms with E-state index in [1.54, 1.807) is 19.2 Å². The van der Waals surface area contributed by atoms with Gasteiger partial charge >= 0.3 is 6.03 Å². The monoisotopic (exact) mass is 487 g/mol. The first kappa shape index (κ1) is 24.8. The minimum Gasteiger partial charge on any atom is -0.369 e. The summed E-state index contributed by atoms with van der Waals surface area (Å²) in [6.45, 7) is 0. The molecule has 1 aromatic rings. The Morgan fingerprint density at radius 1 is 1.15 bits per heavy atom. The molecule has 2 saturated carbocycles. The summed E-state index contributed by atoms with van der Waals surface area (Å²) in [4.78, 5) is 32.2. The third-order valence-corrected chi connectivity index (χ3v) is 8.26. The third-order valence-electron chi connectivity index (χ3n) is 7.93. The molecule has 1 aliphatic heterocycles.